The van der Waals surface area contributed by atoms with E-state index in [0.29, 0.717) is 13.0 Å². The Hall–Kier alpha value is -1.59. The molecule has 5 nitrogen and oxygen atoms in total. The zero-order valence-corrected chi connectivity index (χ0v) is 10.1. The molecule has 1 aromatic rings. The van der Waals surface area contributed by atoms with Crippen molar-refractivity contribution in [3.63, 3.8) is 0 Å². The van der Waals surface area contributed by atoms with Gasteiger partial charge in [-0.25, -0.2) is 4.79 Å². The summed E-state index contributed by atoms with van der Waals surface area (Å²) in [5.41, 5.74) is 0.943. The molecule has 0 bridgehead atoms. The summed E-state index contributed by atoms with van der Waals surface area (Å²) in [6.45, 7) is 1.54. The van der Waals surface area contributed by atoms with Crippen molar-refractivity contribution in [1.29, 1.82) is 0 Å². The van der Waals surface area contributed by atoms with E-state index in [9.17, 15) is 9.90 Å². The number of piperidine rings is 1. The second-order valence-corrected chi connectivity index (χ2v) is 4.37. The minimum atomic E-state index is -0.553. The summed E-state index contributed by atoms with van der Waals surface area (Å²) >= 11 is 0. The maximum atomic E-state index is 11.6. The van der Waals surface area contributed by atoms with Crippen molar-refractivity contribution in [2.75, 3.05) is 13.1 Å². The van der Waals surface area contributed by atoms with Crippen LogP contribution in [0, 0.1) is 0 Å². The molecule has 0 spiro atoms. The Morgan fingerprint density at radius 2 is 2.22 bits per heavy atom. The number of carbonyl (C=O) groups excluding carboxylic acids is 1. The lowest BCUT2D eigenvalue weighted by Crippen LogP contribution is -2.52. The summed E-state index contributed by atoms with van der Waals surface area (Å²) in [4.78, 5) is 11.6. The largest absolute Gasteiger partial charge is 0.445 e. The number of aliphatic hydroxyl groups is 1. The summed E-state index contributed by atoms with van der Waals surface area (Å²) < 4.78 is 5.10. The molecule has 0 radical (unpaired) electrons. The lowest BCUT2D eigenvalue weighted by Gasteiger charge is -2.28. The van der Waals surface area contributed by atoms with E-state index >= 15 is 0 Å². The van der Waals surface area contributed by atoms with Gasteiger partial charge in [0.1, 0.15) is 6.61 Å². The predicted molar refractivity (Wildman–Crippen MR) is 67.0 cm³/mol. The Labute approximate surface area is 106 Å². The van der Waals surface area contributed by atoms with Gasteiger partial charge in [0, 0.05) is 6.54 Å². The summed E-state index contributed by atoms with van der Waals surface area (Å²) in [6.07, 6.45) is -0.324. The molecular weight excluding hydrogens is 232 g/mol. The molecule has 2 atom stereocenters. The average molecular weight is 250 g/mol. The van der Waals surface area contributed by atoms with Crippen molar-refractivity contribution in [2.45, 2.75) is 25.2 Å². The van der Waals surface area contributed by atoms with Crippen LogP contribution in [0.15, 0.2) is 30.3 Å². The van der Waals surface area contributed by atoms with Gasteiger partial charge >= 0.3 is 6.09 Å². The number of ether oxygens (including phenoxy) is 1. The highest BCUT2D eigenvalue weighted by Gasteiger charge is 2.24. The highest BCUT2D eigenvalue weighted by molar-refractivity contribution is 5.67. The minimum absolute atomic E-state index is 0.227. The van der Waals surface area contributed by atoms with Crippen molar-refractivity contribution >= 4 is 6.09 Å². The second-order valence-electron chi connectivity index (χ2n) is 4.37. The normalized spacial score (nSPS) is 23.4. The van der Waals surface area contributed by atoms with E-state index < -0.39 is 12.2 Å². The fraction of sp³-hybridized carbons (Fsp3) is 0.462. The van der Waals surface area contributed by atoms with Crippen LogP contribution in [0.1, 0.15) is 12.0 Å². The molecule has 0 saturated carbocycles. The molecular formula is C13H18N2O3. The van der Waals surface area contributed by atoms with Gasteiger partial charge in [-0.15, -0.1) is 0 Å². The molecule has 0 unspecified atom stereocenters. The van der Waals surface area contributed by atoms with Gasteiger partial charge in [0.05, 0.1) is 12.1 Å². The van der Waals surface area contributed by atoms with E-state index in [-0.39, 0.29) is 12.6 Å². The number of amides is 1. The van der Waals surface area contributed by atoms with Crippen LogP contribution in [-0.4, -0.2) is 36.4 Å². The van der Waals surface area contributed by atoms with Crippen LogP contribution < -0.4 is 10.6 Å². The Bertz CT molecular complexity index is 383. The number of nitrogens with one attached hydrogen (secondary N) is 2. The molecule has 18 heavy (non-hydrogen) atoms. The molecule has 1 fully saturated rings. The van der Waals surface area contributed by atoms with E-state index in [4.69, 9.17) is 4.74 Å². The van der Waals surface area contributed by atoms with Crippen LogP contribution >= 0.6 is 0 Å². The summed E-state index contributed by atoms with van der Waals surface area (Å²) in [7, 11) is 0. The lowest BCUT2D eigenvalue weighted by atomic mass is 10.0. The zero-order valence-electron chi connectivity index (χ0n) is 10.1. The molecule has 1 heterocycles. The fourth-order valence-corrected chi connectivity index (χ4v) is 1.93. The van der Waals surface area contributed by atoms with Crippen LogP contribution in [0.5, 0.6) is 0 Å². The minimum Gasteiger partial charge on any atom is -0.445 e. The summed E-state index contributed by atoms with van der Waals surface area (Å²) in [5, 5.41) is 15.4. The second kappa shape index (κ2) is 6.37. The maximum Gasteiger partial charge on any atom is 0.407 e. The quantitative estimate of drug-likeness (QED) is 0.736. The van der Waals surface area contributed by atoms with E-state index in [0.717, 1.165) is 12.1 Å². The third-order valence-corrected chi connectivity index (χ3v) is 2.97. The summed E-state index contributed by atoms with van der Waals surface area (Å²) in [5.74, 6) is 0. The van der Waals surface area contributed by atoms with Gasteiger partial charge in [-0.2, -0.15) is 0 Å². The molecule has 0 aromatic heterocycles. The number of hydrogen-bond donors (Lipinski definition) is 3. The first-order valence-corrected chi connectivity index (χ1v) is 6.11. The summed E-state index contributed by atoms with van der Waals surface area (Å²) in [6, 6.07) is 9.27. The van der Waals surface area contributed by atoms with Crippen molar-refractivity contribution in [3.8, 4) is 0 Å². The molecule has 0 aliphatic carbocycles. The Morgan fingerprint density at radius 3 is 2.94 bits per heavy atom. The maximum absolute atomic E-state index is 11.6. The highest BCUT2D eigenvalue weighted by atomic mass is 16.5. The van der Waals surface area contributed by atoms with Crippen LogP contribution in [0.4, 0.5) is 4.79 Å². The monoisotopic (exact) mass is 250 g/mol. The van der Waals surface area contributed by atoms with Gasteiger partial charge in [0.15, 0.2) is 0 Å². The number of alkyl carbamates (subject to hydrolysis) is 1. The molecule has 1 amide bonds. The van der Waals surface area contributed by atoms with Crippen LogP contribution in [0.25, 0.3) is 0 Å². The molecule has 2 rings (SSSR count). The zero-order chi connectivity index (χ0) is 12.8. The fourth-order valence-electron chi connectivity index (χ4n) is 1.93. The van der Waals surface area contributed by atoms with Crippen LogP contribution in [0.2, 0.25) is 0 Å². The van der Waals surface area contributed by atoms with Crippen LogP contribution in [0.3, 0.4) is 0 Å². The Balaban J connectivity index is 1.75. The van der Waals surface area contributed by atoms with Gasteiger partial charge in [0.25, 0.3) is 0 Å². The lowest BCUT2D eigenvalue weighted by molar-refractivity contribution is 0.0864. The van der Waals surface area contributed by atoms with E-state index in [1.165, 1.54) is 0 Å². The Kier molecular flexibility index (Phi) is 4.55. The molecule has 5 heteroatoms. The topological polar surface area (TPSA) is 70.6 Å². The van der Waals surface area contributed by atoms with Crippen molar-refractivity contribution in [2.24, 2.45) is 0 Å². The first-order valence-electron chi connectivity index (χ1n) is 6.11. The predicted octanol–water partition coefficient (Wildman–Crippen LogP) is 0.636. The number of carbonyl (C=O) groups is 1. The molecule has 1 aliphatic heterocycles. The van der Waals surface area contributed by atoms with Gasteiger partial charge in [-0.3, -0.25) is 0 Å². The Morgan fingerprint density at radius 1 is 1.44 bits per heavy atom. The van der Waals surface area contributed by atoms with Crippen molar-refractivity contribution < 1.29 is 14.6 Å². The number of aliphatic hydroxyl groups excluding tert-OH is 1. The number of hydrogen-bond acceptors (Lipinski definition) is 4. The molecule has 1 aromatic carbocycles. The smallest absolute Gasteiger partial charge is 0.407 e. The molecule has 3 N–H and O–H groups in total. The molecule has 1 saturated heterocycles. The third kappa shape index (κ3) is 3.72. The van der Waals surface area contributed by atoms with Crippen molar-refractivity contribution in [1.82, 2.24) is 10.6 Å². The van der Waals surface area contributed by atoms with Crippen LogP contribution in [-0.2, 0) is 11.3 Å². The van der Waals surface area contributed by atoms with Gasteiger partial charge in [0.2, 0.25) is 0 Å². The third-order valence-electron chi connectivity index (χ3n) is 2.97. The van der Waals surface area contributed by atoms with Gasteiger partial charge in [-0.1, -0.05) is 30.3 Å². The number of β-amino-alcohol motifs (C(OH)–C–C–N with tert-alkyl or cyclic N) is 1. The first kappa shape index (κ1) is 12.9. The van der Waals surface area contributed by atoms with E-state index in [2.05, 4.69) is 10.6 Å². The number of benzene rings is 1. The van der Waals surface area contributed by atoms with Crippen molar-refractivity contribution in [3.05, 3.63) is 35.9 Å². The molecule has 98 valence electrons. The molecule has 1 aliphatic rings. The number of rotatable bonds is 3. The van der Waals surface area contributed by atoms with Gasteiger partial charge in [-0.05, 0) is 18.5 Å². The first-order chi connectivity index (χ1) is 8.75. The highest BCUT2D eigenvalue weighted by Crippen LogP contribution is 2.05. The average Bonchev–Trinajstić information content (AvgIpc) is 2.40. The van der Waals surface area contributed by atoms with Gasteiger partial charge < -0.3 is 20.5 Å². The van der Waals surface area contributed by atoms with E-state index in [1.807, 2.05) is 30.3 Å². The SMILES string of the molecule is O=C(N[C@H]1CCNC[C@H]1O)OCc1ccccc1. The standard InChI is InChI=1S/C13H18N2O3/c16-12-8-14-7-6-11(12)15-13(17)18-9-10-4-2-1-3-5-10/h1-5,11-12,14,16H,6-9H2,(H,15,17)/t11-,12+/m0/s1. The van der Waals surface area contributed by atoms with E-state index in [1.54, 1.807) is 0 Å².